The lowest BCUT2D eigenvalue weighted by atomic mass is 10.1. The molecule has 2 aromatic heterocycles. The average Bonchev–Trinajstić information content (AvgIpc) is 2.65. The van der Waals surface area contributed by atoms with E-state index >= 15 is 0 Å². The van der Waals surface area contributed by atoms with Gasteiger partial charge in [-0.25, -0.2) is 4.98 Å². The number of hydrogen-bond acceptors (Lipinski definition) is 5. The monoisotopic (exact) mass is 350 g/mol. The van der Waals surface area contributed by atoms with Crippen molar-refractivity contribution in [2.45, 2.75) is 6.54 Å². The van der Waals surface area contributed by atoms with Crippen LogP contribution in [0.1, 0.15) is 21.5 Å². The fourth-order valence-corrected chi connectivity index (χ4v) is 2.49. The summed E-state index contributed by atoms with van der Waals surface area (Å²) in [6, 6.07) is 12.7. The quantitative estimate of drug-likeness (QED) is 0.402. The Morgan fingerprint density at radius 1 is 1.16 bits per heavy atom. The molecule has 0 amide bonds. The minimum atomic E-state index is 0.406. The lowest BCUT2D eigenvalue weighted by Gasteiger charge is -2.06. The number of halogens is 1. The Morgan fingerprint density at radius 2 is 1.96 bits per heavy atom. The highest BCUT2D eigenvalue weighted by atomic mass is 35.5. The predicted octanol–water partition coefficient (Wildman–Crippen LogP) is 3.88. The number of carbonyl (C=O) groups is 1. The van der Waals surface area contributed by atoms with E-state index in [0.717, 1.165) is 22.9 Å². The van der Waals surface area contributed by atoms with E-state index in [4.69, 9.17) is 17.0 Å². The summed E-state index contributed by atoms with van der Waals surface area (Å²) in [6.07, 6.45) is 5.54. The van der Waals surface area contributed by atoms with Gasteiger partial charge in [-0.3, -0.25) is 9.78 Å². The Bertz CT molecular complexity index is 951. The van der Waals surface area contributed by atoms with Crippen molar-refractivity contribution in [1.29, 1.82) is 5.41 Å². The fraction of sp³-hybridized carbons (Fsp3) is 0.0526. The van der Waals surface area contributed by atoms with Gasteiger partial charge in [0.25, 0.3) is 0 Å². The molecule has 124 valence electrons. The molecular formula is C19H15ClN4O. The molecule has 25 heavy (non-hydrogen) atoms. The largest absolute Gasteiger partial charge is 0.386 e. The zero-order chi connectivity index (χ0) is 17.6. The van der Waals surface area contributed by atoms with E-state index in [0.29, 0.717) is 28.4 Å². The number of carbonyl (C=O) groups excluding carboxylic acids is 1. The molecule has 3 aromatic rings. The average molecular weight is 351 g/mol. The minimum absolute atomic E-state index is 0.406. The number of allylic oxidation sites excluding steroid dienone is 1. The Balaban J connectivity index is 1.77. The summed E-state index contributed by atoms with van der Waals surface area (Å²) in [5.74, 6) is 0. The summed E-state index contributed by atoms with van der Waals surface area (Å²) >= 11 is 5.93. The molecule has 0 radical (unpaired) electrons. The lowest BCUT2D eigenvalue weighted by Crippen LogP contribution is -2.06. The summed E-state index contributed by atoms with van der Waals surface area (Å²) in [6.45, 7) is 0.585. The molecular weight excluding hydrogens is 336 g/mol. The number of aldehydes is 1. The molecule has 0 bridgehead atoms. The van der Waals surface area contributed by atoms with E-state index in [1.165, 1.54) is 6.21 Å². The summed E-state index contributed by atoms with van der Waals surface area (Å²) in [4.78, 5) is 19.3. The number of fused-ring (bicyclic) bond motifs is 1. The summed E-state index contributed by atoms with van der Waals surface area (Å²) in [5.41, 5.74) is 4.58. The molecule has 0 unspecified atom stereocenters. The topological polar surface area (TPSA) is 78.7 Å². The molecule has 6 heteroatoms. The van der Waals surface area contributed by atoms with Gasteiger partial charge < -0.3 is 10.7 Å². The molecule has 0 aliphatic heterocycles. The second-order valence-corrected chi connectivity index (χ2v) is 5.77. The maximum Gasteiger partial charge on any atom is 0.150 e. The predicted molar refractivity (Wildman–Crippen MR) is 100.0 cm³/mol. The minimum Gasteiger partial charge on any atom is -0.386 e. The molecule has 0 aliphatic carbocycles. The lowest BCUT2D eigenvalue weighted by molar-refractivity contribution is 0.112. The van der Waals surface area contributed by atoms with Gasteiger partial charge in [-0.2, -0.15) is 0 Å². The highest BCUT2D eigenvalue weighted by Crippen LogP contribution is 2.18. The number of pyridine rings is 2. The molecule has 0 saturated carbocycles. The first-order valence-electron chi connectivity index (χ1n) is 7.60. The van der Waals surface area contributed by atoms with Gasteiger partial charge in [-0.15, -0.1) is 0 Å². The number of rotatable bonds is 6. The number of benzene rings is 1. The molecule has 0 atom stereocenters. The van der Waals surface area contributed by atoms with Crippen LogP contribution in [0.4, 0.5) is 0 Å². The Kier molecular flexibility index (Phi) is 5.16. The van der Waals surface area contributed by atoms with Gasteiger partial charge in [-0.1, -0.05) is 35.9 Å². The van der Waals surface area contributed by atoms with Crippen LogP contribution in [0.5, 0.6) is 0 Å². The van der Waals surface area contributed by atoms with E-state index in [1.54, 1.807) is 30.6 Å². The van der Waals surface area contributed by atoms with Crippen molar-refractivity contribution in [2.75, 3.05) is 0 Å². The van der Waals surface area contributed by atoms with Crippen LogP contribution >= 0.6 is 11.6 Å². The van der Waals surface area contributed by atoms with Crippen molar-refractivity contribution in [1.82, 2.24) is 15.3 Å². The van der Waals surface area contributed by atoms with Crippen molar-refractivity contribution in [3.05, 3.63) is 76.7 Å². The fourth-order valence-electron chi connectivity index (χ4n) is 2.34. The first-order valence-corrected chi connectivity index (χ1v) is 7.98. The first kappa shape index (κ1) is 16.8. The summed E-state index contributed by atoms with van der Waals surface area (Å²) < 4.78 is 0. The molecule has 0 saturated heterocycles. The SMILES string of the molecule is N=C/C(=C\NCc1ccc(C=O)cc1)c1cnc2ccc(Cl)nc2c1. The number of aromatic nitrogens is 2. The van der Waals surface area contributed by atoms with Gasteiger partial charge >= 0.3 is 0 Å². The van der Waals surface area contributed by atoms with Crippen LogP contribution < -0.4 is 5.32 Å². The molecule has 1 aromatic carbocycles. The van der Waals surface area contributed by atoms with Gasteiger partial charge in [0.05, 0.1) is 11.0 Å². The van der Waals surface area contributed by atoms with Gasteiger partial charge in [0.15, 0.2) is 0 Å². The summed E-state index contributed by atoms with van der Waals surface area (Å²) in [5, 5.41) is 11.2. The van der Waals surface area contributed by atoms with Crippen molar-refractivity contribution in [3.63, 3.8) is 0 Å². The Labute approximate surface area is 149 Å². The van der Waals surface area contributed by atoms with Crippen molar-refractivity contribution in [2.24, 2.45) is 0 Å². The normalized spacial score (nSPS) is 11.3. The molecule has 2 heterocycles. The van der Waals surface area contributed by atoms with Gasteiger partial charge in [0.1, 0.15) is 11.4 Å². The van der Waals surface area contributed by atoms with Crippen LogP contribution in [-0.2, 0) is 6.54 Å². The maximum absolute atomic E-state index is 10.7. The number of nitrogens with one attached hydrogen (secondary N) is 2. The number of nitrogens with zero attached hydrogens (tertiary/aromatic N) is 2. The van der Waals surface area contributed by atoms with E-state index in [-0.39, 0.29) is 0 Å². The third-order valence-electron chi connectivity index (χ3n) is 3.67. The highest BCUT2D eigenvalue weighted by molar-refractivity contribution is 6.29. The van der Waals surface area contributed by atoms with E-state index < -0.39 is 0 Å². The molecule has 2 N–H and O–H groups in total. The summed E-state index contributed by atoms with van der Waals surface area (Å²) in [7, 11) is 0. The first-order chi connectivity index (χ1) is 12.2. The van der Waals surface area contributed by atoms with E-state index in [2.05, 4.69) is 15.3 Å². The van der Waals surface area contributed by atoms with Crippen molar-refractivity contribution >= 4 is 40.7 Å². The Morgan fingerprint density at radius 3 is 2.68 bits per heavy atom. The van der Waals surface area contributed by atoms with Gasteiger partial charge in [0.2, 0.25) is 0 Å². The second kappa shape index (κ2) is 7.68. The van der Waals surface area contributed by atoms with E-state index in [9.17, 15) is 4.79 Å². The third-order valence-corrected chi connectivity index (χ3v) is 3.88. The zero-order valence-electron chi connectivity index (χ0n) is 13.2. The maximum atomic E-state index is 10.7. The van der Waals surface area contributed by atoms with Gasteiger partial charge in [-0.05, 0) is 23.8 Å². The van der Waals surface area contributed by atoms with Crippen LogP contribution in [0, 0.1) is 5.41 Å². The number of hydrogen-bond donors (Lipinski definition) is 2. The van der Waals surface area contributed by atoms with Crippen LogP contribution in [0.25, 0.3) is 16.6 Å². The zero-order valence-corrected chi connectivity index (χ0v) is 14.0. The van der Waals surface area contributed by atoms with Gasteiger partial charge in [0, 0.05) is 41.9 Å². The van der Waals surface area contributed by atoms with Crippen LogP contribution in [0.15, 0.2) is 54.9 Å². The van der Waals surface area contributed by atoms with Crippen LogP contribution in [0.2, 0.25) is 5.15 Å². The molecule has 0 aliphatic rings. The third kappa shape index (κ3) is 4.08. The molecule has 5 nitrogen and oxygen atoms in total. The Hall–Kier alpha value is -3.05. The van der Waals surface area contributed by atoms with Crippen molar-refractivity contribution in [3.8, 4) is 0 Å². The molecule has 0 fully saturated rings. The standard InChI is InChI=1S/C19H15ClN4O/c20-19-6-5-17-18(24-19)7-15(11-23-17)16(8-21)10-22-9-13-1-3-14(12-25)4-2-13/h1-8,10-12,21-22H,9H2/b16-10+,21-8?. The molecule has 3 rings (SSSR count). The smallest absolute Gasteiger partial charge is 0.150 e. The second-order valence-electron chi connectivity index (χ2n) is 5.38. The van der Waals surface area contributed by atoms with Crippen molar-refractivity contribution < 1.29 is 4.79 Å². The van der Waals surface area contributed by atoms with Crippen LogP contribution in [0.3, 0.4) is 0 Å². The molecule has 0 spiro atoms. The van der Waals surface area contributed by atoms with Crippen LogP contribution in [-0.4, -0.2) is 22.5 Å². The van der Waals surface area contributed by atoms with E-state index in [1.807, 2.05) is 24.3 Å². The highest BCUT2D eigenvalue weighted by Gasteiger charge is 2.04.